The second kappa shape index (κ2) is 7.86. The number of alkyl halides is 2. The minimum atomic E-state index is -2.73. The molecule has 4 heteroatoms. The molecule has 2 nitrogen and oxygen atoms in total. The fourth-order valence-corrected chi connectivity index (χ4v) is 2.20. The minimum Gasteiger partial charge on any atom is -0.386 e. The molecule has 2 N–H and O–H groups in total. The van der Waals surface area contributed by atoms with E-state index in [2.05, 4.69) is 5.32 Å². The first-order valence-corrected chi connectivity index (χ1v) is 6.95. The lowest BCUT2D eigenvalue weighted by Crippen LogP contribution is -2.35. The van der Waals surface area contributed by atoms with Crippen LogP contribution in [-0.2, 0) is 6.42 Å². The normalized spacial score (nSPS) is 14.1. The Bertz CT molecular complexity index is 519. The lowest BCUT2D eigenvalue weighted by atomic mass is 9.98. The third kappa shape index (κ3) is 4.92. The Morgan fingerprint density at radius 1 is 0.905 bits per heavy atom. The van der Waals surface area contributed by atoms with E-state index in [-0.39, 0.29) is 12.6 Å². The first-order valence-electron chi connectivity index (χ1n) is 6.95. The molecule has 0 saturated carbocycles. The smallest absolute Gasteiger partial charge is 0.265 e. The Morgan fingerprint density at radius 3 is 2.05 bits per heavy atom. The van der Waals surface area contributed by atoms with Gasteiger partial charge in [-0.3, -0.25) is 0 Å². The molecule has 112 valence electrons. The number of hydrogen-bond acceptors (Lipinski definition) is 2. The summed E-state index contributed by atoms with van der Waals surface area (Å²) in [6.07, 6.45) is -3.70. The molecule has 0 heterocycles. The van der Waals surface area contributed by atoms with E-state index in [9.17, 15) is 13.9 Å². The average molecular weight is 291 g/mol. The molecular weight excluding hydrogens is 272 g/mol. The molecule has 2 atom stereocenters. The fraction of sp³-hybridized carbons (Fsp3) is 0.294. The van der Waals surface area contributed by atoms with E-state index in [1.807, 2.05) is 60.7 Å². The van der Waals surface area contributed by atoms with Crippen molar-refractivity contribution in [3.63, 3.8) is 0 Å². The van der Waals surface area contributed by atoms with Crippen LogP contribution in [0.2, 0.25) is 0 Å². The Morgan fingerprint density at radius 2 is 1.48 bits per heavy atom. The van der Waals surface area contributed by atoms with Crippen molar-refractivity contribution in [2.24, 2.45) is 0 Å². The van der Waals surface area contributed by atoms with Crippen molar-refractivity contribution in [3.05, 3.63) is 71.8 Å². The molecule has 2 aromatic rings. The molecule has 0 saturated heterocycles. The van der Waals surface area contributed by atoms with Crippen LogP contribution in [0.25, 0.3) is 0 Å². The quantitative estimate of drug-likeness (QED) is 0.821. The summed E-state index contributed by atoms with van der Waals surface area (Å²) in [5, 5.41) is 12.3. The van der Waals surface area contributed by atoms with E-state index >= 15 is 0 Å². The SMILES string of the molecule is OC(CNC(Cc1ccccc1)c1ccccc1)C(F)F. The summed E-state index contributed by atoms with van der Waals surface area (Å²) in [6.45, 7) is -0.135. The highest BCUT2D eigenvalue weighted by atomic mass is 19.3. The molecule has 2 aromatic carbocycles. The van der Waals surface area contributed by atoms with Crippen LogP contribution in [0.1, 0.15) is 17.2 Å². The van der Waals surface area contributed by atoms with Crippen LogP contribution in [0, 0.1) is 0 Å². The standard InChI is InChI=1S/C17H19F2NO/c18-17(19)16(21)12-20-15(14-9-5-2-6-10-14)11-13-7-3-1-4-8-13/h1-10,15-17,20-21H,11-12H2. The molecule has 21 heavy (non-hydrogen) atoms. The van der Waals surface area contributed by atoms with Gasteiger partial charge in [-0.15, -0.1) is 0 Å². The number of hydrogen-bond donors (Lipinski definition) is 2. The number of aliphatic hydroxyl groups excluding tert-OH is 1. The molecule has 2 rings (SSSR count). The molecule has 0 fully saturated rings. The second-order valence-electron chi connectivity index (χ2n) is 4.96. The maximum atomic E-state index is 12.4. The minimum absolute atomic E-state index is 0.109. The van der Waals surface area contributed by atoms with E-state index in [0.29, 0.717) is 6.42 Å². The first kappa shape index (κ1) is 15.6. The van der Waals surface area contributed by atoms with Crippen molar-refractivity contribution < 1.29 is 13.9 Å². The fourth-order valence-electron chi connectivity index (χ4n) is 2.20. The van der Waals surface area contributed by atoms with Gasteiger partial charge in [0.1, 0.15) is 6.10 Å². The van der Waals surface area contributed by atoms with E-state index in [0.717, 1.165) is 11.1 Å². The number of benzene rings is 2. The van der Waals surface area contributed by atoms with Gasteiger partial charge in [0.2, 0.25) is 0 Å². The second-order valence-corrected chi connectivity index (χ2v) is 4.96. The van der Waals surface area contributed by atoms with Crippen molar-refractivity contribution in [1.82, 2.24) is 5.32 Å². The van der Waals surface area contributed by atoms with Crippen LogP contribution < -0.4 is 5.32 Å². The summed E-state index contributed by atoms with van der Waals surface area (Å²) in [5.41, 5.74) is 2.13. The lowest BCUT2D eigenvalue weighted by molar-refractivity contribution is -0.00465. The molecular formula is C17H19F2NO. The van der Waals surface area contributed by atoms with Gasteiger partial charge in [-0.2, -0.15) is 0 Å². The zero-order valence-electron chi connectivity index (χ0n) is 11.6. The van der Waals surface area contributed by atoms with Gasteiger partial charge in [0.25, 0.3) is 6.43 Å². The Hall–Kier alpha value is -1.78. The Kier molecular flexibility index (Phi) is 5.84. The zero-order chi connectivity index (χ0) is 15.1. The molecule has 0 aromatic heterocycles. The van der Waals surface area contributed by atoms with Gasteiger partial charge in [-0.1, -0.05) is 60.7 Å². The van der Waals surface area contributed by atoms with Crippen molar-refractivity contribution in [3.8, 4) is 0 Å². The molecule has 0 amide bonds. The van der Waals surface area contributed by atoms with Gasteiger partial charge in [0.05, 0.1) is 0 Å². The van der Waals surface area contributed by atoms with Crippen LogP contribution in [0.15, 0.2) is 60.7 Å². The van der Waals surface area contributed by atoms with Crippen molar-refractivity contribution in [1.29, 1.82) is 0 Å². The summed E-state index contributed by atoms with van der Waals surface area (Å²) < 4.78 is 24.8. The maximum Gasteiger partial charge on any atom is 0.265 e. The number of halogens is 2. The number of rotatable bonds is 7. The monoisotopic (exact) mass is 291 g/mol. The highest BCUT2D eigenvalue weighted by molar-refractivity contribution is 5.23. The summed E-state index contributed by atoms with van der Waals surface area (Å²) in [5.74, 6) is 0. The highest BCUT2D eigenvalue weighted by Crippen LogP contribution is 2.18. The zero-order valence-corrected chi connectivity index (χ0v) is 11.6. The van der Waals surface area contributed by atoms with Crippen LogP contribution >= 0.6 is 0 Å². The number of nitrogens with one attached hydrogen (secondary N) is 1. The largest absolute Gasteiger partial charge is 0.386 e. The first-order chi connectivity index (χ1) is 10.2. The van der Waals surface area contributed by atoms with Gasteiger partial charge in [0, 0.05) is 12.6 Å². The lowest BCUT2D eigenvalue weighted by Gasteiger charge is -2.21. The van der Waals surface area contributed by atoms with E-state index in [4.69, 9.17) is 0 Å². The van der Waals surface area contributed by atoms with Crippen molar-refractivity contribution >= 4 is 0 Å². The van der Waals surface area contributed by atoms with E-state index in [1.54, 1.807) is 0 Å². The average Bonchev–Trinajstić information content (AvgIpc) is 2.52. The summed E-state index contributed by atoms with van der Waals surface area (Å²) in [7, 11) is 0. The number of aliphatic hydroxyl groups is 1. The van der Waals surface area contributed by atoms with Crippen LogP contribution in [-0.4, -0.2) is 24.2 Å². The topological polar surface area (TPSA) is 32.3 Å². The van der Waals surface area contributed by atoms with Crippen LogP contribution in [0.5, 0.6) is 0 Å². The molecule has 2 unspecified atom stereocenters. The van der Waals surface area contributed by atoms with Gasteiger partial charge in [-0.25, -0.2) is 8.78 Å². The van der Waals surface area contributed by atoms with Crippen LogP contribution in [0.4, 0.5) is 8.78 Å². The molecule has 0 aliphatic carbocycles. The van der Waals surface area contributed by atoms with Gasteiger partial charge in [0.15, 0.2) is 0 Å². The summed E-state index contributed by atoms with van der Waals surface area (Å²) >= 11 is 0. The van der Waals surface area contributed by atoms with Gasteiger partial charge >= 0.3 is 0 Å². The van der Waals surface area contributed by atoms with Crippen LogP contribution in [0.3, 0.4) is 0 Å². The molecule has 0 aliphatic heterocycles. The molecule has 0 spiro atoms. The third-order valence-corrected chi connectivity index (χ3v) is 3.35. The summed E-state index contributed by atoms with van der Waals surface area (Å²) in [4.78, 5) is 0. The third-order valence-electron chi connectivity index (χ3n) is 3.35. The predicted molar refractivity (Wildman–Crippen MR) is 79.3 cm³/mol. The highest BCUT2D eigenvalue weighted by Gasteiger charge is 2.19. The van der Waals surface area contributed by atoms with Gasteiger partial charge < -0.3 is 10.4 Å². The maximum absolute atomic E-state index is 12.4. The van der Waals surface area contributed by atoms with E-state index in [1.165, 1.54) is 0 Å². The predicted octanol–water partition coefficient (Wildman–Crippen LogP) is 3.19. The Balaban J connectivity index is 2.07. The van der Waals surface area contributed by atoms with Crippen molar-refractivity contribution in [2.45, 2.75) is 25.0 Å². The summed E-state index contributed by atoms with van der Waals surface area (Å²) in [6, 6.07) is 19.4. The Labute approximate surface area is 123 Å². The molecule has 0 aliphatic rings. The van der Waals surface area contributed by atoms with Gasteiger partial charge in [-0.05, 0) is 17.5 Å². The molecule has 0 radical (unpaired) electrons. The van der Waals surface area contributed by atoms with Crippen molar-refractivity contribution in [2.75, 3.05) is 6.54 Å². The van der Waals surface area contributed by atoms with E-state index < -0.39 is 12.5 Å². The molecule has 0 bridgehead atoms.